The molecule has 2 aromatic carbocycles. The third-order valence-electron chi connectivity index (χ3n) is 2.61. The molecule has 0 saturated carbocycles. The maximum absolute atomic E-state index is 13.7. The highest BCUT2D eigenvalue weighted by molar-refractivity contribution is 7.93. The summed E-state index contributed by atoms with van der Waals surface area (Å²) < 4.78 is 40.3. The summed E-state index contributed by atoms with van der Waals surface area (Å²) in [6.45, 7) is 0. The van der Waals surface area contributed by atoms with Gasteiger partial charge >= 0.3 is 0 Å². The van der Waals surface area contributed by atoms with Crippen LogP contribution in [0.15, 0.2) is 41.3 Å². The highest BCUT2D eigenvalue weighted by Gasteiger charge is 2.23. The van der Waals surface area contributed by atoms with Gasteiger partial charge in [0.1, 0.15) is 10.7 Å². The average Bonchev–Trinajstić information content (AvgIpc) is 2.40. The topological polar surface area (TPSA) is 96.0 Å². The van der Waals surface area contributed by atoms with Gasteiger partial charge in [-0.2, -0.15) is 5.26 Å². The first kappa shape index (κ1) is 15.1. The summed E-state index contributed by atoms with van der Waals surface area (Å²) in [5.41, 5.74) is 5.46. The summed E-state index contributed by atoms with van der Waals surface area (Å²) in [6.07, 6.45) is 0. The van der Waals surface area contributed by atoms with E-state index in [1.807, 2.05) is 6.07 Å². The van der Waals surface area contributed by atoms with Crippen LogP contribution in [0.25, 0.3) is 0 Å². The van der Waals surface area contributed by atoms with E-state index in [0.717, 1.165) is 6.07 Å². The van der Waals surface area contributed by atoms with Gasteiger partial charge in [-0.1, -0.05) is 17.7 Å². The zero-order valence-corrected chi connectivity index (χ0v) is 12.0. The number of hydrogen-bond acceptors (Lipinski definition) is 4. The maximum Gasteiger partial charge on any atom is 0.266 e. The second-order valence-corrected chi connectivity index (χ2v) is 6.10. The van der Waals surface area contributed by atoms with Crippen LogP contribution in [0.4, 0.5) is 15.8 Å². The molecule has 0 fully saturated rings. The monoisotopic (exact) mass is 325 g/mol. The first-order valence-corrected chi connectivity index (χ1v) is 7.48. The lowest BCUT2D eigenvalue weighted by Gasteiger charge is -2.12. The molecule has 0 aliphatic rings. The molecule has 0 radical (unpaired) electrons. The van der Waals surface area contributed by atoms with Crippen molar-refractivity contribution < 1.29 is 12.8 Å². The van der Waals surface area contributed by atoms with Gasteiger partial charge in [-0.3, -0.25) is 4.72 Å². The van der Waals surface area contributed by atoms with E-state index in [4.69, 9.17) is 22.6 Å². The molecule has 3 N–H and O–H groups in total. The summed E-state index contributed by atoms with van der Waals surface area (Å²) in [4.78, 5) is -0.663. The Morgan fingerprint density at radius 2 is 2.00 bits per heavy atom. The number of halogens is 2. The molecule has 0 bridgehead atoms. The van der Waals surface area contributed by atoms with Crippen LogP contribution in [0.2, 0.25) is 5.02 Å². The number of hydrogen-bond donors (Lipinski definition) is 2. The minimum Gasteiger partial charge on any atom is -0.398 e. The summed E-state index contributed by atoms with van der Waals surface area (Å²) in [5.74, 6) is -0.977. The predicted molar refractivity (Wildman–Crippen MR) is 77.8 cm³/mol. The summed E-state index contributed by atoms with van der Waals surface area (Å²) in [5, 5.41) is 8.88. The van der Waals surface area contributed by atoms with Crippen LogP contribution in [0.1, 0.15) is 5.56 Å². The van der Waals surface area contributed by atoms with Crippen molar-refractivity contribution in [2.75, 3.05) is 10.5 Å². The van der Waals surface area contributed by atoms with E-state index < -0.39 is 20.7 Å². The number of benzene rings is 2. The summed E-state index contributed by atoms with van der Waals surface area (Å²) >= 11 is 5.86. The van der Waals surface area contributed by atoms with Crippen molar-refractivity contribution in [2.24, 2.45) is 0 Å². The van der Waals surface area contributed by atoms with Crippen molar-refractivity contribution in [3.05, 3.63) is 52.8 Å². The quantitative estimate of drug-likeness (QED) is 0.848. The minimum absolute atomic E-state index is 0.0293. The third kappa shape index (κ3) is 3.07. The first-order valence-electron chi connectivity index (χ1n) is 5.61. The van der Waals surface area contributed by atoms with Gasteiger partial charge in [-0.25, -0.2) is 12.8 Å². The Kier molecular flexibility index (Phi) is 4.02. The molecular formula is C13H9ClFN3O2S. The Morgan fingerprint density at radius 3 is 2.62 bits per heavy atom. The lowest BCUT2D eigenvalue weighted by molar-refractivity contribution is 0.572. The number of nitriles is 1. The Labute approximate surface area is 125 Å². The first-order chi connectivity index (χ1) is 9.85. The SMILES string of the molecule is N#Cc1ccc(Cl)c(NS(=O)(=O)c2c(N)cccc2F)c1. The van der Waals surface area contributed by atoms with Crippen LogP contribution in [0, 0.1) is 17.1 Å². The number of anilines is 2. The Morgan fingerprint density at radius 1 is 1.29 bits per heavy atom. The fourth-order valence-corrected chi connectivity index (χ4v) is 3.16. The van der Waals surface area contributed by atoms with Crippen LogP contribution >= 0.6 is 11.6 Å². The van der Waals surface area contributed by atoms with E-state index >= 15 is 0 Å². The van der Waals surface area contributed by atoms with E-state index in [0.29, 0.717) is 0 Å². The van der Waals surface area contributed by atoms with Crippen molar-refractivity contribution in [1.82, 2.24) is 0 Å². The van der Waals surface area contributed by atoms with E-state index in [1.165, 1.54) is 30.3 Å². The van der Waals surface area contributed by atoms with Crippen molar-refractivity contribution >= 4 is 33.0 Å². The van der Waals surface area contributed by atoms with Crippen molar-refractivity contribution in [3.8, 4) is 6.07 Å². The molecule has 0 spiro atoms. The molecule has 8 heteroatoms. The lowest BCUT2D eigenvalue weighted by atomic mass is 10.2. The molecule has 0 unspecified atom stereocenters. The van der Waals surface area contributed by atoms with Crippen LogP contribution in [-0.4, -0.2) is 8.42 Å². The Bertz CT molecular complexity index is 827. The average molecular weight is 326 g/mol. The van der Waals surface area contributed by atoms with Crippen molar-refractivity contribution in [3.63, 3.8) is 0 Å². The molecule has 0 aliphatic heterocycles. The fourth-order valence-electron chi connectivity index (χ4n) is 1.68. The molecule has 0 heterocycles. The molecule has 2 aromatic rings. The largest absolute Gasteiger partial charge is 0.398 e. The van der Waals surface area contributed by atoms with Gasteiger partial charge in [-0.15, -0.1) is 0 Å². The molecule has 0 amide bonds. The summed E-state index contributed by atoms with van der Waals surface area (Å²) in [7, 11) is -4.27. The molecule has 0 atom stereocenters. The predicted octanol–water partition coefficient (Wildman–Crippen LogP) is 2.73. The second kappa shape index (κ2) is 5.60. The Hall–Kier alpha value is -2.30. The molecule has 0 aliphatic carbocycles. The lowest BCUT2D eigenvalue weighted by Crippen LogP contribution is -2.17. The fraction of sp³-hybridized carbons (Fsp3) is 0. The number of nitrogens with one attached hydrogen (secondary N) is 1. The number of sulfonamides is 1. The standard InChI is InChI=1S/C13H9ClFN3O2S/c14-9-5-4-8(7-16)6-12(9)18-21(19,20)13-10(15)2-1-3-11(13)17/h1-6,18H,17H2. The number of nitrogens with two attached hydrogens (primary N) is 1. The van der Waals surface area contributed by atoms with E-state index in [9.17, 15) is 12.8 Å². The van der Waals surface area contributed by atoms with Crippen LogP contribution < -0.4 is 10.5 Å². The van der Waals surface area contributed by atoms with Crippen LogP contribution in [0.5, 0.6) is 0 Å². The van der Waals surface area contributed by atoms with E-state index in [1.54, 1.807) is 0 Å². The number of nitrogens with zero attached hydrogens (tertiary/aromatic N) is 1. The smallest absolute Gasteiger partial charge is 0.266 e. The molecule has 5 nitrogen and oxygen atoms in total. The van der Waals surface area contributed by atoms with Crippen molar-refractivity contribution in [1.29, 1.82) is 5.26 Å². The van der Waals surface area contributed by atoms with Crippen LogP contribution in [0.3, 0.4) is 0 Å². The molecule has 2 rings (SSSR count). The number of nitrogen functional groups attached to an aromatic ring is 1. The van der Waals surface area contributed by atoms with Crippen LogP contribution in [-0.2, 0) is 10.0 Å². The Balaban J connectivity index is 2.50. The van der Waals surface area contributed by atoms with Gasteiger partial charge in [0.15, 0.2) is 0 Å². The summed E-state index contributed by atoms with van der Waals surface area (Å²) in [6, 6.07) is 9.44. The molecule has 0 aromatic heterocycles. The van der Waals surface area contributed by atoms with E-state index in [2.05, 4.69) is 4.72 Å². The normalized spacial score (nSPS) is 10.9. The third-order valence-corrected chi connectivity index (χ3v) is 4.39. The molecular weight excluding hydrogens is 317 g/mol. The highest BCUT2D eigenvalue weighted by atomic mass is 35.5. The molecule has 21 heavy (non-hydrogen) atoms. The highest BCUT2D eigenvalue weighted by Crippen LogP contribution is 2.28. The van der Waals surface area contributed by atoms with Gasteiger partial charge in [0.25, 0.3) is 10.0 Å². The van der Waals surface area contributed by atoms with Gasteiger partial charge in [0, 0.05) is 0 Å². The van der Waals surface area contributed by atoms with Gasteiger partial charge in [0.2, 0.25) is 0 Å². The zero-order valence-electron chi connectivity index (χ0n) is 10.5. The van der Waals surface area contributed by atoms with Gasteiger partial charge < -0.3 is 5.73 Å². The molecule has 108 valence electrons. The molecule has 0 saturated heterocycles. The van der Waals surface area contributed by atoms with E-state index in [-0.39, 0.29) is 22.0 Å². The maximum atomic E-state index is 13.7. The van der Waals surface area contributed by atoms with Crippen molar-refractivity contribution in [2.45, 2.75) is 4.90 Å². The zero-order chi connectivity index (χ0) is 15.6. The van der Waals surface area contributed by atoms with Gasteiger partial charge in [0.05, 0.1) is 28.0 Å². The second-order valence-electron chi connectivity index (χ2n) is 4.07. The minimum atomic E-state index is -4.27. The van der Waals surface area contributed by atoms with Gasteiger partial charge in [-0.05, 0) is 30.3 Å². The number of rotatable bonds is 3.